The van der Waals surface area contributed by atoms with Gasteiger partial charge in [-0.25, -0.2) is 8.42 Å². The predicted octanol–water partition coefficient (Wildman–Crippen LogP) is 1.38. The van der Waals surface area contributed by atoms with E-state index in [0.717, 1.165) is 25.9 Å². The van der Waals surface area contributed by atoms with Crippen LogP contribution in [0.4, 0.5) is 0 Å². The Kier molecular flexibility index (Phi) is 6.45. The smallest absolute Gasteiger partial charge is 0.306 e. The molecule has 1 aliphatic carbocycles. The van der Waals surface area contributed by atoms with E-state index in [0.29, 0.717) is 12.3 Å². The van der Waals surface area contributed by atoms with Crippen LogP contribution in [-0.2, 0) is 19.4 Å². The molecule has 0 aliphatic heterocycles. The molecule has 0 saturated heterocycles. The molecule has 0 aromatic carbocycles. The normalized spacial score (nSPS) is 17.2. The number of carbonyl (C=O) groups is 1. The summed E-state index contributed by atoms with van der Waals surface area (Å²) in [5.74, 6) is 0.581. The van der Waals surface area contributed by atoms with Crippen LogP contribution >= 0.6 is 0 Å². The predicted molar refractivity (Wildman–Crippen MR) is 79.3 cm³/mol. The second kappa shape index (κ2) is 7.41. The van der Waals surface area contributed by atoms with Crippen molar-refractivity contribution in [2.24, 2.45) is 11.3 Å². The molecule has 1 rings (SSSR count). The van der Waals surface area contributed by atoms with E-state index in [9.17, 15) is 13.2 Å². The summed E-state index contributed by atoms with van der Waals surface area (Å²) in [6.07, 6.45) is 2.48. The molecule has 6 heteroatoms. The van der Waals surface area contributed by atoms with Crippen LogP contribution in [0.3, 0.4) is 0 Å². The Balaban J connectivity index is 2.29. The molecule has 1 saturated carbocycles. The van der Waals surface area contributed by atoms with Crippen molar-refractivity contribution >= 4 is 15.8 Å². The lowest BCUT2D eigenvalue weighted by Gasteiger charge is -2.14. The van der Waals surface area contributed by atoms with E-state index in [4.69, 9.17) is 0 Å². The first-order chi connectivity index (χ1) is 9.29. The van der Waals surface area contributed by atoms with Gasteiger partial charge in [-0.2, -0.15) is 0 Å². The maximum absolute atomic E-state index is 12.1. The highest BCUT2D eigenvalue weighted by Gasteiger charge is 2.47. The summed E-state index contributed by atoms with van der Waals surface area (Å²) in [7, 11) is -1.74. The minimum absolute atomic E-state index is 0.124. The number of hydrogen-bond donors (Lipinski definition) is 1. The fourth-order valence-electron chi connectivity index (χ4n) is 2.27. The monoisotopic (exact) mass is 305 g/mol. The molecule has 0 radical (unpaired) electrons. The third-order valence-electron chi connectivity index (χ3n) is 3.59. The Morgan fingerprint density at radius 1 is 1.35 bits per heavy atom. The van der Waals surface area contributed by atoms with E-state index in [1.807, 2.05) is 0 Å². The molecule has 1 N–H and O–H groups in total. The Labute approximate surface area is 122 Å². The minimum Gasteiger partial charge on any atom is -0.469 e. The van der Waals surface area contributed by atoms with Gasteiger partial charge in [-0.3, -0.25) is 4.79 Å². The molecule has 1 fully saturated rings. The van der Waals surface area contributed by atoms with Gasteiger partial charge < -0.3 is 10.1 Å². The molecule has 0 unspecified atom stereocenters. The number of ether oxygens (including phenoxy) is 1. The maximum Gasteiger partial charge on any atom is 0.306 e. The van der Waals surface area contributed by atoms with Gasteiger partial charge in [0.05, 0.1) is 25.0 Å². The lowest BCUT2D eigenvalue weighted by atomic mass is 10.1. The van der Waals surface area contributed by atoms with Gasteiger partial charge >= 0.3 is 5.97 Å². The van der Waals surface area contributed by atoms with E-state index < -0.39 is 9.84 Å². The average molecular weight is 305 g/mol. The number of methoxy groups -OCH3 is 1. The first kappa shape index (κ1) is 17.4. The van der Waals surface area contributed by atoms with Crippen molar-refractivity contribution in [2.75, 3.05) is 31.7 Å². The highest BCUT2D eigenvalue weighted by molar-refractivity contribution is 7.91. The zero-order valence-electron chi connectivity index (χ0n) is 12.8. The number of hydrogen-bond acceptors (Lipinski definition) is 5. The van der Waals surface area contributed by atoms with Crippen LogP contribution in [-0.4, -0.2) is 46.1 Å². The summed E-state index contributed by atoms with van der Waals surface area (Å²) < 4.78 is 28.8. The lowest BCUT2D eigenvalue weighted by molar-refractivity contribution is -0.141. The molecule has 0 aromatic heterocycles. The van der Waals surface area contributed by atoms with Gasteiger partial charge in [0.2, 0.25) is 0 Å². The quantitative estimate of drug-likeness (QED) is 0.487. The topological polar surface area (TPSA) is 72.5 Å². The van der Waals surface area contributed by atoms with Gasteiger partial charge in [-0.05, 0) is 43.7 Å². The molecule has 118 valence electrons. The van der Waals surface area contributed by atoms with Gasteiger partial charge in [0.15, 0.2) is 9.84 Å². The SMILES string of the molecule is COC(=O)CC1(CS(=O)(=O)CCCNCC(C)C)CC1. The number of rotatable bonds is 10. The van der Waals surface area contributed by atoms with Crippen LogP contribution in [0.1, 0.15) is 39.5 Å². The average Bonchev–Trinajstić information content (AvgIpc) is 3.06. The summed E-state index contributed by atoms with van der Waals surface area (Å²) in [5.41, 5.74) is -0.336. The molecule has 1 aliphatic rings. The first-order valence-corrected chi connectivity index (χ1v) is 9.09. The van der Waals surface area contributed by atoms with E-state index in [-0.39, 0.29) is 29.3 Å². The first-order valence-electron chi connectivity index (χ1n) is 7.27. The van der Waals surface area contributed by atoms with Crippen molar-refractivity contribution in [3.63, 3.8) is 0 Å². The third-order valence-corrected chi connectivity index (χ3v) is 5.55. The zero-order valence-corrected chi connectivity index (χ0v) is 13.6. The maximum atomic E-state index is 12.1. The van der Waals surface area contributed by atoms with E-state index in [2.05, 4.69) is 23.9 Å². The molecule has 0 amide bonds. The van der Waals surface area contributed by atoms with Crippen molar-refractivity contribution in [3.05, 3.63) is 0 Å². The van der Waals surface area contributed by atoms with Crippen molar-refractivity contribution in [2.45, 2.75) is 39.5 Å². The van der Waals surface area contributed by atoms with E-state index >= 15 is 0 Å². The largest absolute Gasteiger partial charge is 0.469 e. The highest BCUT2D eigenvalue weighted by atomic mass is 32.2. The second-order valence-electron chi connectivity index (χ2n) is 6.30. The van der Waals surface area contributed by atoms with Crippen LogP contribution in [0.25, 0.3) is 0 Å². The van der Waals surface area contributed by atoms with Crippen molar-refractivity contribution in [1.29, 1.82) is 0 Å². The van der Waals surface area contributed by atoms with Crippen LogP contribution in [0.5, 0.6) is 0 Å². The van der Waals surface area contributed by atoms with Gasteiger partial charge in [0.1, 0.15) is 0 Å². The van der Waals surface area contributed by atoms with Crippen LogP contribution < -0.4 is 5.32 Å². The third kappa shape index (κ3) is 6.70. The molecule has 0 spiro atoms. The Hall–Kier alpha value is -0.620. The summed E-state index contributed by atoms with van der Waals surface area (Å²) in [4.78, 5) is 11.3. The molecule has 0 bridgehead atoms. The second-order valence-corrected chi connectivity index (χ2v) is 8.48. The molecule has 0 atom stereocenters. The summed E-state index contributed by atoms with van der Waals surface area (Å²) >= 11 is 0. The van der Waals surface area contributed by atoms with Crippen molar-refractivity contribution < 1.29 is 17.9 Å². The highest BCUT2D eigenvalue weighted by Crippen LogP contribution is 2.50. The molecular weight excluding hydrogens is 278 g/mol. The Bertz CT molecular complexity index is 413. The molecule has 0 heterocycles. The summed E-state index contributed by atoms with van der Waals surface area (Å²) in [6.45, 7) is 5.87. The number of esters is 1. The fourth-order valence-corrected chi connectivity index (χ4v) is 4.33. The Morgan fingerprint density at radius 3 is 2.50 bits per heavy atom. The summed E-state index contributed by atoms with van der Waals surface area (Å²) in [5, 5.41) is 3.24. The van der Waals surface area contributed by atoms with Gasteiger partial charge in [-0.15, -0.1) is 0 Å². The molecule has 20 heavy (non-hydrogen) atoms. The van der Waals surface area contributed by atoms with Crippen LogP contribution in [0.2, 0.25) is 0 Å². The number of nitrogens with one attached hydrogen (secondary N) is 1. The van der Waals surface area contributed by atoms with Crippen molar-refractivity contribution in [1.82, 2.24) is 5.32 Å². The number of sulfone groups is 1. The van der Waals surface area contributed by atoms with Gasteiger partial charge in [0, 0.05) is 0 Å². The van der Waals surface area contributed by atoms with Crippen LogP contribution in [0, 0.1) is 11.3 Å². The summed E-state index contributed by atoms with van der Waals surface area (Å²) in [6, 6.07) is 0. The van der Waals surface area contributed by atoms with Crippen molar-refractivity contribution in [3.8, 4) is 0 Å². The van der Waals surface area contributed by atoms with Gasteiger partial charge in [-0.1, -0.05) is 13.8 Å². The zero-order chi connectivity index (χ0) is 15.2. The minimum atomic E-state index is -3.08. The molecular formula is C14H27NO4S. The van der Waals surface area contributed by atoms with Crippen LogP contribution in [0.15, 0.2) is 0 Å². The lowest BCUT2D eigenvalue weighted by Crippen LogP contribution is -2.26. The molecule has 5 nitrogen and oxygen atoms in total. The fraction of sp³-hybridized carbons (Fsp3) is 0.929. The van der Waals surface area contributed by atoms with E-state index in [1.165, 1.54) is 7.11 Å². The molecule has 0 aromatic rings. The standard InChI is InChI=1S/C14H27NO4S/c1-12(2)10-15-7-4-8-20(17,18)11-14(5-6-14)9-13(16)19-3/h12,15H,4-11H2,1-3H3. The Morgan fingerprint density at radius 2 is 2.00 bits per heavy atom. The van der Waals surface area contributed by atoms with E-state index in [1.54, 1.807) is 0 Å². The number of carbonyl (C=O) groups excluding carboxylic acids is 1. The van der Waals surface area contributed by atoms with Gasteiger partial charge in [0.25, 0.3) is 0 Å².